The van der Waals surface area contributed by atoms with Gasteiger partial charge in [0.2, 0.25) is 5.96 Å². The van der Waals surface area contributed by atoms with Gasteiger partial charge < -0.3 is 20.6 Å². The Morgan fingerprint density at radius 2 is 2.08 bits per heavy atom. The van der Waals surface area contributed by atoms with Crippen LogP contribution in [0.1, 0.15) is 20.3 Å². The first kappa shape index (κ1) is 21.9. The highest BCUT2D eigenvalue weighted by atomic mass is 35.7. The number of hydrogen-bond donors (Lipinski definition) is 3. The standard InChI is InChI=1S/C14H20Cl2N4O3S2/c1-9(2)18-14(21)19-13(17)20-23-7-3-6-22-11-8-10(24-15)4-5-12(11)25-16/h4-5,8-9H,3,6-7H2,1-2H3,(H4,17,18,19,20,21). The van der Waals surface area contributed by atoms with Gasteiger partial charge in [-0.05, 0) is 80.5 Å². The number of carbonyl (C=O) groups is 1. The van der Waals surface area contributed by atoms with Crippen molar-refractivity contribution >= 4 is 55.3 Å². The molecule has 0 bridgehead atoms. The van der Waals surface area contributed by atoms with E-state index in [1.165, 1.54) is 0 Å². The van der Waals surface area contributed by atoms with Crippen molar-refractivity contribution in [3.8, 4) is 5.75 Å². The number of guanidine groups is 1. The molecule has 4 N–H and O–H groups in total. The number of ether oxygens (including phenoxy) is 1. The predicted octanol–water partition coefficient (Wildman–Crippen LogP) is 3.90. The Morgan fingerprint density at radius 1 is 1.32 bits per heavy atom. The quantitative estimate of drug-likeness (QED) is 0.239. The van der Waals surface area contributed by atoms with Crippen LogP contribution in [0.3, 0.4) is 0 Å². The maximum Gasteiger partial charge on any atom is 0.321 e. The molecule has 7 nitrogen and oxygen atoms in total. The van der Waals surface area contributed by atoms with E-state index in [1.807, 2.05) is 32.0 Å². The zero-order valence-electron chi connectivity index (χ0n) is 13.8. The lowest BCUT2D eigenvalue weighted by atomic mass is 10.3. The van der Waals surface area contributed by atoms with Crippen LogP contribution >= 0.6 is 43.3 Å². The molecule has 0 heterocycles. The number of carbonyl (C=O) groups excluding carboxylic acids is 1. The van der Waals surface area contributed by atoms with E-state index < -0.39 is 6.03 Å². The maximum absolute atomic E-state index is 11.4. The summed E-state index contributed by atoms with van der Waals surface area (Å²) >= 11 is 0. The summed E-state index contributed by atoms with van der Waals surface area (Å²) < 4.78 is 5.67. The first-order valence-electron chi connectivity index (χ1n) is 7.33. The van der Waals surface area contributed by atoms with E-state index >= 15 is 0 Å². The average molecular weight is 427 g/mol. The molecule has 0 aromatic heterocycles. The van der Waals surface area contributed by atoms with Gasteiger partial charge in [-0.3, -0.25) is 5.32 Å². The summed E-state index contributed by atoms with van der Waals surface area (Å²) in [6, 6.07) is 5.08. The highest BCUT2D eigenvalue weighted by molar-refractivity contribution is 8.21. The topological polar surface area (TPSA) is 98.0 Å². The van der Waals surface area contributed by atoms with Crippen LogP contribution in [-0.2, 0) is 4.84 Å². The van der Waals surface area contributed by atoms with Gasteiger partial charge in [-0.2, -0.15) is 0 Å². The maximum atomic E-state index is 11.4. The fourth-order valence-corrected chi connectivity index (χ4v) is 2.83. The first-order chi connectivity index (χ1) is 12.0. The molecule has 0 aliphatic heterocycles. The van der Waals surface area contributed by atoms with E-state index in [4.69, 9.17) is 36.7 Å². The zero-order chi connectivity index (χ0) is 18.7. The number of rotatable bonds is 9. The molecule has 1 aromatic carbocycles. The van der Waals surface area contributed by atoms with Crippen LogP contribution in [0.2, 0.25) is 0 Å². The third-order valence-electron chi connectivity index (χ3n) is 2.55. The summed E-state index contributed by atoms with van der Waals surface area (Å²) in [7, 11) is 13.7. The number of nitrogens with one attached hydrogen (secondary N) is 2. The number of nitrogens with two attached hydrogens (primary N) is 1. The van der Waals surface area contributed by atoms with Crippen LogP contribution in [-0.4, -0.2) is 31.2 Å². The molecule has 0 aliphatic carbocycles. The predicted molar refractivity (Wildman–Crippen MR) is 104 cm³/mol. The van der Waals surface area contributed by atoms with Gasteiger partial charge in [0.25, 0.3) is 0 Å². The molecule has 11 heteroatoms. The number of hydrogen-bond acceptors (Lipinski definition) is 6. The molecule has 0 saturated heterocycles. The summed E-state index contributed by atoms with van der Waals surface area (Å²) in [4.78, 5) is 18.1. The molecule has 0 atom stereocenters. The third-order valence-corrected chi connectivity index (χ3v) is 4.52. The van der Waals surface area contributed by atoms with Crippen molar-refractivity contribution in [2.24, 2.45) is 10.9 Å². The summed E-state index contributed by atoms with van der Waals surface area (Å²) in [5.74, 6) is 0.535. The van der Waals surface area contributed by atoms with Crippen molar-refractivity contribution in [1.82, 2.24) is 10.6 Å². The fourth-order valence-electron chi connectivity index (χ4n) is 1.57. The monoisotopic (exact) mass is 426 g/mol. The smallest absolute Gasteiger partial charge is 0.321 e. The fraction of sp³-hybridized carbons (Fsp3) is 0.429. The van der Waals surface area contributed by atoms with Crippen molar-refractivity contribution in [1.29, 1.82) is 0 Å². The summed E-state index contributed by atoms with van der Waals surface area (Å²) in [5.41, 5.74) is 5.52. The minimum Gasteiger partial charge on any atom is -0.492 e. The van der Waals surface area contributed by atoms with E-state index in [1.54, 1.807) is 0 Å². The Labute approximate surface area is 164 Å². The van der Waals surface area contributed by atoms with E-state index in [2.05, 4.69) is 15.8 Å². The lowest BCUT2D eigenvalue weighted by Gasteiger charge is -2.10. The summed E-state index contributed by atoms with van der Waals surface area (Å²) in [6.45, 7) is 4.34. The number of oxime groups is 1. The highest BCUT2D eigenvalue weighted by Crippen LogP contribution is 2.36. The van der Waals surface area contributed by atoms with Crippen LogP contribution in [0, 0.1) is 0 Å². The minimum absolute atomic E-state index is 0.00221. The molecule has 2 amide bonds. The van der Waals surface area contributed by atoms with E-state index in [-0.39, 0.29) is 18.6 Å². The Kier molecular flexibility index (Phi) is 10.7. The molecule has 0 unspecified atom stereocenters. The summed E-state index contributed by atoms with van der Waals surface area (Å²) in [5, 5.41) is 8.56. The Bertz CT molecular complexity index is 591. The normalized spacial score (nSPS) is 11.3. The number of amides is 2. The molecule has 1 rings (SSSR count). The van der Waals surface area contributed by atoms with Crippen LogP contribution in [0.25, 0.3) is 0 Å². The lowest BCUT2D eigenvalue weighted by Crippen LogP contribution is -2.45. The first-order valence-corrected chi connectivity index (χ1v) is 10.6. The van der Waals surface area contributed by atoms with Crippen molar-refractivity contribution < 1.29 is 14.4 Å². The second kappa shape index (κ2) is 12.2. The lowest BCUT2D eigenvalue weighted by molar-refractivity contribution is 0.126. The van der Waals surface area contributed by atoms with Gasteiger partial charge in [0.05, 0.1) is 11.5 Å². The molecule has 0 radical (unpaired) electrons. The SMILES string of the molecule is CC(C)NC(=O)NC(N)=NOCCCOc1cc(SCl)ccc1SCl. The number of urea groups is 1. The third kappa shape index (κ3) is 9.20. The molecule has 25 heavy (non-hydrogen) atoms. The molecule has 0 aliphatic rings. The Balaban J connectivity index is 2.30. The average Bonchev–Trinajstić information content (AvgIpc) is 2.56. The molecule has 0 fully saturated rings. The van der Waals surface area contributed by atoms with Gasteiger partial charge in [0, 0.05) is 17.4 Å². The van der Waals surface area contributed by atoms with Gasteiger partial charge in [-0.1, -0.05) is 0 Å². The Morgan fingerprint density at radius 3 is 2.72 bits per heavy atom. The largest absolute Gasteiger partial charge is 0.492 e. The minimum atomic E-state index is -0.439. The van der Waals surface area contributed by atoms with Crippen molar-refractivity contribution in [2.75, 3.05) is 13.2 Å². The van der Waals surface area contributed by atoms with Gasteiger partial charge in [0.15, 0.2) is 0 Å². The van der Waals surface area contributed by atoms with Crippen molar-refractivity contribution in [2.45, 2.75) is 36.1 Å². The molecule has 1 aromatic rings. The van der Waals surface area contributed by atoms with Crippen LogP contribution < -0.4 is 21.1 Å². The van der Waals surface area contributed by atoms with Gasteiger partial charge in [0.1, 0.15) is 12.4 Å². The molecular formula is C14H20Cl2N4O3S2. The van der Waals surface area contributed by atoms with E-state index in [0.29, 0.717) is 18.8 Å². The second-order valence-electron chi connectivity index (χ2n) is 5.03. The number of nitrogens with zero attached hydrogens (tertiary/aromatic N) is 1. The van der Waals surface area contributed by atoms with Gasteiger partial charge in [-0.15, -0.1) is 0 Å². The number of benzene rings is 1. The summed E-state index contributed by atoms with van der Waals surface area (Å²) in [6.07, 6.45) is 0.569. The molecular weight excluding hydrogens is 407 g/mol. The zero-order valence-corrected chi connectivity index (χ0v) is 16.9. The van der Waals surface area contributed by atoms with Crippen molar-refractivity contribution in [3.05, 3.63) is 18.2 Å². The molecule has 0 spiro atoms. The second-order valence-corrected chi connectivity index (χ2v) is 7.17. The van der Waals surface area contributed by atoms with Crippen molar-refractivity contribution in [3.63, 3.8) is 0 Å². The van der Waals surface area contributed by atoms with E-state index in [9.17, 15) is 4.79 Å². The van der Waals surface area contributed by atoms with Gasteiger partial charge in [-0.25, -0.2) is 4.79 Å². The highest BCUT2D eigenvalue weighted by Gasteiger charge is 2.06. The molecule has 140 valence electrons. The Hall–Kier alpha value is -1.16. The van der Waals surface area contributed by atoms with Crippen LogP contribution in [0.15, 0.2) is 33.1 Å². The van der Waals surface area contributed by atoms with Crippen LogP contribution in [0.4, 0.5) is 4.79 Å². The molecule has 0 saturated carbocycles. The van der Waals surface area contributed by atoms with Gasteiger partial charge >= 0.3 is 6.03 Å². The van der Waals surface area contributed by atoms with E-state index in [0.717, 1.165) is 31.7 Å². The van der Waals surface area contributed by atoms with Crippen LogP contribution in [0.5, 0.6) is 5.75 Å². The number of halogens is 2.